The van der Waals surface area contributed by atoms with Crippen molar-refractivity contribution in [3.63, 3.8) is 0 Å². The third-order valence-corrected chi connectivity index (χ3v) is 3.83. The van der Waals surface area contributed by atoms with Crippen molar-refractivity contribution < 1.29 is 14.3 Å². The Kier molecular flexibility index (Phi) is 3.80. The van der Waals surface area contributed by atoms with Crippen molar-refractivity contribution >= 4 is 29.2 Å². The van der Waals surface area contributed by atoms with Crippen molar-refractivity contribution in [1.82, 2.24) is 0 Å². The first-order chi connectivity index (χ1) is 8.93. The Hall–Kier alpha value is -1.55. The molecule has 5 heteroatoms. The van der Waals surface area contributed by atoms with Crippen LogP contribution in [0.25, 0.3) is 0 Å². The summed E-state index contributed by atoms with van der Waals surface area (Å²) in [5, 5.41) is 0.678. The first kappa shape index (κ1) is 13.9. The molecule has 1 aromatic rings. The number of ether oxygens (including phenoxy) is 1. The molecule has 1 heterocycles. The Morgan fingerprint density at radius 3 is 2.68 bits per heavy atom. The molecule has 2 rings (SSSR count). The van der Waals surface area contributed by atoms with E-state index in [0.29, 0.717) is 11.6 Å². The highest BCUT2D eigenvalue weighted by atomic mass is 35.5. The normalized spacial score (nSPS) is 18.8. The fraction of sp³-hybridized carbons (Fsp3) is 0.429. The number of halogens is 1. The molecular weight excluding hydrogens is 266 g/mol. The Morgan fingerprint density at radius 2 is 2.05 bits per heavy atom. The van der Waals surface area contributed by atoms with Crippen molar-refractivity contribution in [3.8, 4) is 0 Å². The standard InChI is InChI=1S/C14H16ClNO3/c1-8-5-12(9(2)4-11(8)15)16-7-10(6-13(16)17)14(18)19-3/h4-5,10H,6-7H2,1-3H3. The van der Waals surface area contributed by atoms with Gasteiger partial charge >= 0.3 is 5.97 Å². The Morgan fingerprint density at radius 1 is 1.37 bits per heavy atom. The second kappa shape index (κ2) is 5.21. The maximum atomic E-state index is 12.0. The van der Waals surface area contributed by atoms with E-state index in [1.807, 2.05) is 26.0 Å². The van der Waals surface area contributed by atoms with Crippen molar-refractivity contribution in [2.45, 2.75) is 20.3 Å². The van der Waals surface area contributed by atoms with Crippen LogP contribution in [0.15, 0.2) is 12.1 Å². The molecule has 1 atom stereocenters. The summed E-state index contributed by atoms with van der Waals surface area (Å²) in [5.41, 5.74) is 2.66. The summed E-state index contributed by atoms with van der Waals surface area (Å²) in [4.78, 5) is 25.2. The van der Waals surface area contributed by atoms with E-state index in [1.165, 1.54) is 7.11 Å². The number of benzene rings is 1. The second-order valence-corrected chi connectivity index (χ2v) is 5.22. The maximum absolute atomic E-state index is 12.0. The summed E-state index contributed by atoms with van der Waals surface area (Å²) in [6.45, 7) is 4.16. The lowest BCUT2D eigenvalue weighted by Crippen LogP contribution is -2.27. The number of carbonyl (C=O) groups is 2. The monoisotopic (exact) mass is 281 g/mol. The molecule has 1 unspecified atom stereocenters. The minimum Gasteiger partial charge on any atom is -0.469 e. The van der Waals surface area contributed by atoms with E-state index in [4.69, 9.17) is 16.3 Å². The predicted octanol–water partition coefficient (Wildman–Crippen LogP) is 2.48. The number of aryl methyl sites for hydroxylation is 2. The number of anilines is 1. The summed E-state index contributed by atoms with van der Waals surface area (Å²) in [6, 6.07) is 3.72. The quantitative estimate of drug-likeness (QED) is 0.783. The van der Waals surface area contributed by atoms with Gasteiger partial charge in [-0.2, -0.15) is 0 Å². The van der Waals surface area contributed by atoms with E-state index >= 15 is 0 Å². The first-order valence-electron chi connectivity index (χ1n) is 6.09. The minimum atomic E-state index is -0.382. The van der Waals surface area contributed by atoms with Gasteiger partial charge in [-0.15, -0.1) is 0 Å². The highest BCUT2D eigenvalue weighted by Crippen LogP contribution is 2.31. The van der Waals surface area contributed by atoms with E-state index in [0.717, 1.165) is 16.8 Å². The molecule has 0 bridgehead atoms. The fourth-order valence-electron chi connectivity index (χ4n) is 2.32. The lowest BCUT2D eigenvalue weighted by atomic mass is 10.1. The molecule has 4 nitrogen and oxygen atoms in total. The summed E-state index contributed by atoms with van der Waals surface area (Å²) < 4.78 is 4.70. The lowest BCUT2D eigenvalue weighted by Gasteiger charge is -2.20. The van der Waals surface area contributed by atoms with Gasteiger partial charge in [0.05, 0.1) is 13.0 Å². The van der Waals surface area contributed by atoms with Gasteiger partial charge in [-0.3, -0.25) is 9.59 Å². The van der Waals surface area contributed by atoms with E-state index < -0.39 is 0 Å². The van der Waals surface area contributed by atoms with Gasteiger partial charge < -0.3 is 9.64 Å². The number of hydrogen-bond acceptors (Lipinski definition) is 3. The van der Waals surface area contributed by atoms with Gasteiger partial charge in [-0.1, -0.05) is 11.6 Å². The Bertz CT molecular complexity index is 542. The molecule has 0 spiro atoms. The molecule has 19 heavy (non-hydrogen) atoms. The summed E-state index contributed by atoms with van der Waals surface area (Å²) >= 11 is 6.05. The van der Waals surface area contributed by atoms with Crippen LogP contribution in [0.5, 0.6) is 0 Å². The SMILES string of the molecule is COC(=O)C1CC(=O)N(c2cc(C)c(Cl)cc2C)C1. The van der Waals surface area contributed by atoms with E-state index in [-0.39, 0.29) is 24.2 Å². The molecule has 1 saturated heterocycles. The number of nitrogens with zero attached hydrogens (tertiary/aromatic N) is 1. The van der Waals surface area contributed by atoms with Crippen LogP contribution in [0.4, 0.5) is 5.69 Å². The van der Waals surface area contributed by atoms with Crippen LogP contribution in [-0.2, 0) is 14.3 Å². The van der Waals surface area contributed by atoms with Crippen LogP contribution in [0.2, 0.25) is 5.02 Å². The number of methoxy groups -OCH3 is 1. The van der Waals surface area contributed by atoms with Crippen LogP contribution in [0, 0.1) is 19.8 Å². The van der Waals surface area contributed by atoms with Gasteiger partial charge in [0.1, 0.15) is 0 Å². The lowest BCUT2D eigenvalue weighted by molar-refractivity contribution is -0.145. The highest BCUT2D eigenvalue weighted by Gasteiger charge is 2.36. The number of carbonyl (C=O) groups excluding carboxylic acids is 2. The van der Waals surface area contributed by atoms with Crippen LogP contribution in [-0.4, -0.2) is 25.5 Å². The fourth-order valence-corrected chi connectivity index (χ4v) is 2.54. The minimum absolute atomic E-state index is 0.0553. The molecule has 0 aromatic heterocycles. The molecule has 1 fully saturated rings. The Balaban J connectivity index is 2.30. The van der Waals surface area contributed by atoms with Crippen LogP contribution < -0.4 is 4.90 Å². The van der Waals surface area contributed by atoms with Crippen molar-refractivity contribution in [2.75, 3.05) is 18.6 Å². The van der Waals surface area contributed by atoms with E-state index in [2.05, 4.69) is 0 Å². The molecule has 0 radical (unpaired) electrons. The number of esters is 1. The molecule has 1 amide bonds. The molecule has 0 aliphatic carbocycles. The van der Waals surface area contributed by atoms with Gasteiger partial charge in [-0.25, -0.2) is 0 Å². The van der Waals surface area contributed by atoms with Crippen LogP contribution in [0.1, 0.15) is 17.5 Å². The molecule has 102 valence electrons. The zero-order valence-electron chi connectivity index (χ0n) is 11.2. The van der Waals surface area contributed by atoms with E-state index in [1.54, 1.807) is 4.90 Å². The number of rotatable bonds is 2. The average molecular weight is 282 g/mol. The van der Waals surface area contributed by atoms with Gasteiger partial charge in [0.15, 0.2) is 0 Å². The van der Waals surface area contributed by atoms with Gasteiger partial charge in [0, 0.05) is 23.7 Å². The van der Waals surface area contributed by atoms with E-state index in [9.17, 15) is 9.59 Å². The third kappa shape index (κ3) is 2.59. The van der Waals surface area contributed by atoms with Gasteiger partial charge in [0.2, 0.25) is 5.91 Å². The summed E-state index contributed by atoms with van der Waals surface area (Å²) in [6.07, 6.45) is 0.202. The van der Waals surface area contributed by atoms with Crippen LogP contribution in [0.3, 0.4) is 0 Å². The van der Waals surface area contributed by atoms with Crippen molar-refractivity contribution in [2.24, 2.45) is 5.92 Å². The van der Waals surface area contributed by atoms with Gasteiger partial charge in [-0.05, 0) is 37.1 Å². The zero-order valence-corrected chi connectivity index (χ0v) is 12.0. The maximum Gasteiger partial charge on any atom is 0.311 e. The van der Waals surface area contributed by atoms with Crippen LogP contribution >= 0.6 is 11.6 Å². The number of hydrogen-bond donors (Lipinski definition) is 0. The smallest absolute Gasteiger partial charge is 0.311 e. The molecule has 0 N–H and O–H groups in total. The first-order valence-corrected chi connectivity index (χ1v) is 6.46. The molecule has 1 aromatic carbocycles. The van der Waals surface area contributed by atoms with Crippen molar-refractivity contribution in [1.29, 1.82) is 0 Å². The van der Waals surface area contributed by atoms with Gasteiger partial charge in [0.25, 0.3) is 0 Å². The number of amides is 1. The molecular formula is C14H16ClNO3. The Labute approximate surface area is 117 Å². The summed E-state index contributed by atoms with van der Waals surface area (Å²) in [7, 11) is 1.34. The topological polar surface area (TPSA) is 46.6 Å². The largest absolute Gasteiger partial charge is 0.469 e. The molecule has 1 aliphatic heterocycles. The second-order valence-electron chi connectivity index (χ2n) is 4.82. The zero-order chi connectivity index (χ0) is 14.2. The average Bonchev–Trinajstić information content (AvgIpc) is 2.75. The summed E-state index contributed by atoms with van der Waals surface area (Å²) in [5.74, 6) is -0.771. The predicted molar refractivity (Wildman–Crippen MR) is 73.4 cm³/mol. The molecule has 1 aliphatic rings. The van der Waals surface area contributed by atoms with Crippen molar-refractivity contribution in [3.05, 3.63) is 28.3 Å². The molecule has 0 saturated carbocycles. The third-order valence-electron chi connectivity index (χ3n) is 3.43. The highest BCUT2D eigenvalue weighted by molar-refractivity contribution is 6.31.